The Bertz CT molecular complexity index is 1210. The van der Waals surface area contributed by atoms with Gasteiger partial charge in [-0.25, -0.2) is 9.97 Å². The summed E-state index contributed by atoms with van der Waals surface area (Å²) in [7, 11) is 1.61. The predicted octanol–water partition coefficient (Wildman–Crippen LogP) is 1.53. The number of nitrogens with zero attached hydrogens (tertiary/aromatic N) is 5. The van der Waals surface area contributed by atoms with Crippen LogP contribution in [-0.2, 0) is 22.4 Å². The van der Waals surface area contributed by atoms with Crippen LogP contribution in [0.25, 0.3) is 0 Å². The number of rotatable bonds is 13. The SMILES string of the molecule is CCc1nc(C(N)=O)c(Nc2ccnc(CCNC(=O)CN(C)C(=O)C=CCN3CCC3)c2)nc1C1CC1. The highest BCUT2D eigenvalue weighted by molar-refractivity contribution is 5.96. The molecule has 11 nitrogen and oxygen atoms in total. The Morgan fingerprint density at radius 1 is 1.24 bits per heavy atom. The Hall–Kier alpha value is -3.86. The van der Waals surface area contributed by atoms with Crippen LogP contribution in [-0.4, -0.2) is 82.2 Å². The van der Waals surface area contributed by atoms with Crippen LogP contribution in [0, 0.1) is 0 Å². The number of carbonyl (C=O) groups is 3. The van der Waals surface area contributed by atoms with E-state index in [-0.39, 0.29) is 24.1 Å². The highest BCUT2D eigenvalue weighted by Gasteiger charge is 2.30. The minimum Gasteiger partial charge on any atom is -0.364 e. The van der Waals surface area contributed by atoms with Crippen molar-refractivity contribution in [3.8, 4) is 0 Å². The van der Waals surface area contributed by atoms with Crippen molar-refractivity contribution in [3.63, 3.8) is 0 Å². The lowest BCUT2D eigenvalue weighted by atomic mass is 10.1. The van der Waals surface area contributed by atoms with Crippen LogP contribution >= 0.6 is 0 Å². The third-order valence-electron chi connectivity index (χ3n) is 6.64. The number of amides is 3. The molecule has 38 heavy (non-hydrogen) atoms. The fraction of sp³-hybridized carbons (Fsp3) is 0.481. The van der Waals surface area contributed by atoms with Gasteiger partial charge in [-0.05, 0) is 50.9 Å². The molecule has 3 heterocycles. The number of likely N-dealkylation sites (N-methyl/N-ethyl adjacent to an activating group) is 1. The van der Waals surface area contributed by atoms with E-state index in [1.54, 1.807) is 19.3 Å². The summed E-state index contributed by atoms with van der Waals surface area (Å²) in [4.78, 5) is 53.8. The zero-order valence-corrected chi connectivity index (χ0v) is 22.1. The topological polar surface area (TPSA) is 146 Å². The summed E-state index contributed by atoms with van der Waals surface area (Å²) in [6.45, 7) is 5.24. The summed E-state index contributed by atoms with van der Waals surface area (Å²) in [5, 5.41) is 6.02. The Kier molecular flexibility index (Phi) is 9.01. The largest absolute Gasteiger partial charge is 0.364 e. The third-order valence-corrected chi connectivity index (χ3v) is 6.64. The minimum atomic E-state index is -0.635. The van der Waals surface area contributed by atoms with Crippen molar-refractivity contribution in [1.29, 1.82) is 0 Å². The van der Waals surface area contributed by atoms with Crippen molar-refractivity contribution >= 4 is 29.2 Å². The summed E-state index contributed by atoms with van der Waals surface area (Å²) in [5.74, 6) is -0.349. The highest BCUT2D eigenvalue weighted by atomic mass is 16.2. The van der Waals surface area contributed by atoms with E-state index in [1.165, 1.54) is 17.4 Å². The first-order chi connectivity index (χ1) is 18.3. The molecule has 1 aliphatic heterocycles. The molecule has 4 N–H and O–H groups in total. The van der Waals surface area contributed by atoms with Gasteiger partial charge < -0.3 is 21.3 Å². The van der Waals surface area contributed by atoms with Crippen LogP contribution in [0.4, 0.5) is 11.5 Å². The van der Waals surface area contributed by atoms with E-state index in [1.807, 2.05) is 19.1 Å². The van der Waals surface area contributed by atoms with Gasteiger partial charge >= 0.3 is 0 Å². The van der Waals surface area contributed by atoms with Crippen molar-refractivity contribution in [3.05, 3.63) is 53.3 Å². The first-order valence-electron chi connectivity index (χ1n) is 13.2. The molecule has 11 heteroatoms. The van der Waals surface area contributed by atoms with Crippen LogP contribution in [0.5, 0.6) is 0 Å². The molecule has 1 aliphatic carbocycles. The van der Waals surface area contributed by atoms with Crippen molar-refractivity contribution in [2.45, 2.75) is 44.9 Å². The molecular formula is C27H36N8O3. The minimum absolute atomic E-state index is 0.0203. The van der Waals surface area contributed by atoms with Crippen molar-refractivity contribution in [1.82, 2.24) is 30.1 Å². The van der Waals surface area contributed by atoms with E-state index < -0.39 is 5.91 Å². The second kappa shape index (κ2) is 12.6. The number of likely N-dealkylation sites (tertiary alicyclic amines) is 1. The number of hydrogen-bond acceptors (Lipinski definition) is 8. The molecule has 0 aromatic carbocycles. The van der Waals surface area contributed by atoms with Gasteiger partial charge in [0.25, 0.3) is 5.91 Å². The summed E-state index contributed by atoms with van der Waals surface area (Å²) in [6.07, 6.45) is 9.53. The maximum atomic E-state index is 12.3. The van der Waals surface area contributed by atoms with Crippen LogP contribution in [0.2, 0.25) is 0 Å². The van der Waals surface area contributed by atoms with Gasteiger partial charge in [-0.3, -0.25) is 24.3 Å². The van der Waals surface area contributed by atoms with Gasteiger partial charge in [-0.2, -0.15) is 0 Å². The lowest BCUT2D eigenvalue weighted by Crippen LogP contribution is -2.39. The molecule has 1 saturated heterocycles. The Labute approximate surface area is 222 Å². The number of anilines is 2. The molecule has 0 unspecified atom stereocenters. The molecule has 2 aromatic heterocycles. The first kappa shape index (κ1) is 27.2. The molecule has 2 aromatic rings. The van der Waals surface area contributed by atoms with E-state index in [2.05, 4.69) is 25.5 Å². The van der Waals surface area contributed by atoms with Crippen molar-refractivity contribution in [2.24, 2.45) is 5.73 Å². The van der Waals surface area contributed by atoms with Gasteiger partial charge in [-0.15, -0.1) is 0 Å². The van der Waals surface area contributed by atoms with Gasteiger partial charge in [-0.1, -0.05) is 13.0 Å². The maximum Gasteiger partial charge on any atom is 0.271 e. The molecule has 0 radical (unpaired) electrons. The molecule has 2 aliphatic rings. The van der Waals surface area contributed by atoms with Gasteiger partial charge in [0.05, 0.1) is 17.9 Å². The van der Waals surface area contributed by atoms with E-state index in [0.717, 1.165) is 49.6 Å². The predicted molar refractivity (Wildman–Crippen MR) is 144 cm³/mol. The number of primary amides is 1. The normalized spacial score (nSPS) is 15.2. The van der Waals surface area contributed by atoms with Crippen LogP contribution < -0.4 is 16.4 Å². The second-order valence-corrected chi connectivity index (χ2v) is 9.76. The average Bonchev–Trinajstić information content (AvgIpc) is 3.70. The first-order valence-corrected chi connectivity index (χ1v) is 13.2. The molecule has 0 atom stereocenters. The monoisotopic (exact) mass is 520 g/mol. The number of aromatic nitrogens is 3. The number of nitrogens with two attached hydrogens (primary N) is 1. The van der Waals surface area contributed by atoms with Gasteiger partial charge in [0.2, 0.25) is 11.8 Å². The molecule has 4 rings (SSSR count). The number of hydrogen-bond donors (Lipinski definition) is 3. The van der Waals surface area contributed by atoms with Crippen molar-refractivity contribution < 1.29 is 14.4 Å². The molecule has 1 saturated carbocycles. The Morgan fingerprint density at radius 3 is 2.68 bits per heavy atom. The quantitative estimate of drug-likeness (QED) is 0.337. The van der Waals surface area contributed by atoms with Gasteiger partial charge in [0.1, 0.15) is 0 Å². The second-order valence-electron chi connectivity index (χ2n) is 9.76. The van der Waals surface area contributed by atoms with Crippen molar-refractivity contribution in [2.75, 3.05) is 45.1 Å². The fourth-order valence-corrected chi connectivity index (χ4v) is 4.19. The number of nitrogens with one attached hydrogen (secondary N) is 2. The van der Waals surface area contributed by atoms with Crippen LogP contribution in [0.3, 0.4) is 0 Å². The summed E-state index contributed by atoms with van der Waals surface area (Å²) < 4.78 is 0. The zero-order valence-electron chi connectivity index (χ0n) is 22.1. The van der Waals surface area contributed by atoms with Gasteiger partial charge in [0.15, 0.2) is 11.5 Å². The molecule has 202 valence electrons. The lowest BCUT2D eigenvalue weighted by molar-refractivity contribution is -0.131. The van der Waals surface area contributed by atoms with E-state index in [9.17, 15) is 14.4 Å². The standard InChI is InChI=1S/C27H36N8O3/c1-3-21-24(18-7-8-18)33-27(25(32-21)26(28)38)31-20-10-11-29-19(16-20)9-12-30-22(36)17-34(2)23(37)6-4-13-35-14-5-15-35/h4,6,10-11,16,18H,3,5,7-9,12-15,17H2,1-2H3,(H2,28,38)(H,30,36)(H,29,31,33). The number of aryl methyl sites for hydroxylation is 1. The third kappa shape index (κ3) is 7.34. The summed E-state index contributed by atoms with van der Waals surface area (Å²) in [5.41, 5.74) is 8.88. The lowest BCUT2D eigenvalue weighted by Gasteiger charge is -2.29. The maximum absolute atomic E-state index is 12.3. The molecular weight excluding hydrogens is 484 g/mol. The van der Waals surface area contributed by atoms with Crippen LogP contribution in [0.15, 0.2) is 30.5 Å². The summed E-state index contributed by atoms with van der Waals surface area (Å²) >= 11 is 0. The number of pyridine rings is 1. The smallest absolute Gasteiger partial charge is 0.271 e. The zero-order chi connectivity index (χ0) is 27.1. The fourth-order valence-electron chi connectivity index (χ4n) is 4.19. The molecule has 3 amide bonds. The van der Waals surface area contributed by atoms with E-state index in [0.29, 0.717) is 36.8 Å². The molecule has 0 bridgehead atoms. The van der Waals surface area contributed by atoms with Crippen LogP contribution in [0.1, 0.15) is 59.7 Å². The van der Waals surface area contributed by atoms with E-state index >= 15 is 0 Å². The van der Waals surface area contributed by atoms with Gasteiger partial charge in [0, 0.05) is 56.1 Å². The highest BCUT2D eigenvalue weighted by Crippen LogP contribution is 2.41. The Balaban J connectivity index is 1.29. The average molecular weight is 521 g/mol. The Morgan fingerprint density at radius 2 is 2.03 bits per heavy atom. The molecule has 2 fully saturated rings. The summed E-state index contributed by atoms with van der Waals surface area (Å²) in [6, 6.07) is 3.61. The number of carbonyl (C=O) groups excluding carboxylic acids is 3. The van der Waals surface area contributed by atoms with E-state index in [4.69, 9.17) is 10.7 Å². The molecule has 0 spiro atoms.